The second-order valence-corrected chi connectivity index (χ2v) is 7.87. The smallest absolute Gasteiger partial charge is 0.332 e. The van der Waals surface area contributed by atoms with Gasteiger partial charge in [-0.2, -0.15) is 18.3 Å². The van der Waals surface area contributed by atoms with E-state index in [4.69, 9.17) is 0 Å². The minimum atomic E-state index is -4.56. The monoisotopic (exact) mass is 408 g/mol. The second kappa shape index (κ2) is 8.98. The highest BCUT2D eigenvalue weighted by atomic mass is 19.4. The number of benzene rings is 1. The van der Waals surface area contributed by atoms with Gasteiger partial charge in [-0.1, -0.05) is 31.2 Å². The molecule has 0 saturated carbocycles. The Labute approximate surface area is 168 Å². The van der Waals surface area contributed by atoms with Crippen molar-refractivity contribution in [3.8, 4) is 0 Å². The van der Waals surface area contributed by atoms with E-state index >= 15 is 0 Å². The van der Waals surface area contributed by atoms with E-state index in [1.54, 1.807) is 4.90 Å². The van der Waals surface area contributed by atoms with Crippen LogP contribution in [-0.2, 0) is 12.7 Å². The Morgan fingerprint density at radius 3 is 2.76 bits per heavy atom. The molecule has 158 valence electrons. The van der Waals surface area contributed by atoms with Crippen molar-refractivity contribution in [1.82, 2.24) is 20.0 Å². The van der Waals surface area contributed by atoms with Gasteiger partial charge < -0.3 is 9.80 Å². The molecule has 1 N–H and O–H groups in total. The number of rotatable bonds is 6. The lowest BCUT2D eigenvalue weighted by atomic mass is 10.0. The lowest BCUT2D eigenvalue weighted by Crippen LogP contribution is -2.42. The number of aryl methyl sites for hydroxylation is 1. The summed E-state index contributed by atoms with van der Waals surface area (Å²) in [5.74, 6) is 0.120. The number of H-pyrrole nitrogens is 1. The summed E-state index contributed by atoms with van der Waals surface area (Å²) >= 11 is 0. The van der Waals surface area contributed by atoms with Gasteiger partial charge in [0, 0.05) is 32.2 Å². The third-order valence-corrected chi connectivity index (χ3v) is 5.44. The molecule has 1 unspecified atom stereocenters. The lowest BCUT2D eigenvalue weighted by Gasteiger charge is -2.33. The third kappa shape index (κ3) is 5.59. The van der Waals surface area contributed by atoms with Gasteiger partial charge in [-0.3, -0.25) is 9.89 Å². The van der Waals surface area contributed by atoms with Crippen molar-refractivity contribution in [1.29, 1.82) is 0 Å². The van der Waals surface area contributed by atoms with Crippen LogP contribution in [0.2, 0.25) is 0 Å². The minimum absolute atomic E-state index is 0.210. The van der Waals surface area contributed by atoms with E-state index in [0.717, 1.165) is 36.7 Å². The number of amides is 1. The van der Waals surface area contributed by atoms with Crippen molar-refractivity contribution in [2.45, 2.75) is 39.4 Å². The number of hydrogen-bond acceptors (Lipinski definition) is 3. The highest BCUT2D eigenvalue weighted by molar-refractivity contribution is 5.92. The van der Waals surface area contributed by atoms with Gasteiger partial charge >= 0.3 is 6.18 Å². The predicted molar refractivity (Wildman–Crippen MR) is 104 cm³/mol. The molecule has 1 aromatic heterocycles. The first kappa shape index (κ1) is 21.4. The van der Waals surface area contributed by atoms with E-state index in [0.29, 0.717) is 25.6 Å². The van der Waals surface area contributed by atoms with Crippen LogP contribution in [-0.4, -0.2) is 52.1 Å². The van der Waals surface area contributed by atoms with Gasteiger partial charge in [-0.05, 0) is 43.4 Å². The van der Waals surface area contributed by atoms with Gasteiger partial charge in [0.05, 0.1) is 0 Å². The first-order chi connectivity index (χ1) is 13.7. The Morgan fingerprint density at radius 2 is 2.10 bits per heavy atom. The van der Waals surface area contributed by atoms with E-state index in [1.807, 2.05) is 36.3 Å². The van der Waals surface area contributed by atoms with Crippen LogP contribution in [0.1, 0.15) is 47.1 Å². The fourth-order valence-electron chi connectivity index (χ4n) is 3.74. The van der Waals surface area contributed by atoms with Gasteiger partial charge in [0.1, 0.15) is 5.69 Å². The molecular weight excluding hydrogens is 381 g/mol. The van der Waals surface area contributed by atoms with Crippen LogP contribution in [0, 0.1) is 12.8 Å². The van der Waals surface area contributed by atoms with Gasteiger partial charge in [-0.25, -0.2) is 0 Å². The number of hydrogen-bond donors (Lipinski definition) is 1. The zero-order valence-electron chi connectivity index (χ0n) is 16.8. The molecule has 29 heavy (non-hydrogen) atoms. The largest absolute Gasteiger partial charge is 0.432 e. The van der Waals surface area contributed by atoms with Crippen molar-refractivity contribution in [2.24, 2.45) is 5.92 Å². The molecule has 1 aliphatic rings. The van der Waals surface area contributed by atoms with Crippen LogP contribution in [0.4, 0.5) is 13.2 Å². The van der Waals surface area contributed by atoms with Gasteiger partial charge in [0.25, 0.3) is 5.91 Å². The van der Waals surface area contributed by atoms with Crippen LogP contribution in [0.3, 0.4) is 0 Å². The van der Waals surface area contributed by atoms with E-state index in [-0.39, 0.29) is 5.69 Å². The molecule has 2 aromatic rings. The molecule has 1 fully saturated rings. The summed E-state index contributed by atoms with van der Waals surface area (Å²) in [6, 6.07) is 8.50. The van der Waals surface area contributed by atoms with Crippen LogP contribution in [0.15, 0.2) is 30.3 Å². The van der Waals surface area contributed by atoms with E-state index < -0.39 is 17.8 Å². The summed E-state index contributed by atoms with van der Waals surface area (Å²) in [4.78, 5) is 16.9. The van der Waals surface area contributed by atoms with Crippen LogP contribution >= 0.6 is 0 Å². The van der Waals surface area contributed by atoms with Gasteiger partial charge in [-0.15, -0.1) is 0 Å². The summed E-state index contributed by atoms with van der Waals surface area (Å²) in [6.45, 7) is 7.60. The molecule has 0 bridgehead atoms. The summed E-state index contributed by atoms with van der Waals surface area (Å²) in [5, 5.41) is 5.56. The van der Waals surface area contributed by atoms with Crippen molar-refractivity contribution in [3.05, 3.63) is 52.8 Å². The number of nitrogens with zero attached hydrogens (tertiary/aromatic N) is 3. The third-order valence-electron chi connectivity index (χ3n) is 5.44. The van der Waals surface area contributed by atoms with Crippen molar-refractivity contribution >= 4 is 5.91 Å². The molecule has 5 nitrogen and oxygen atoms in total. The Kier molecular flexibility index (Phi) is 6.62. The molecule has 1 atom stereocenters. The number of piperidine rings is 1. The molecule has 1 amide bonds. The maximum absolute atomic E-state index is 13.0. The van der Waals surface area contributed by atoms with Crippen molar-refractivity contribution in [2.75, 3.05) is 26.2 Å². The number of nitrogens with one attached hydrogen (secondary N) is 1. The molecule has 0 aliphatic carbocycles. The fraction of sp³-hybridized carbons (Fsp3) is 0.524. The average Bonchev–Trinajstić information content (AvgIpc) is 3.17. The first-order valence-electron chi connectivity index (χ1n) is 9.93. The Hall–Kier alpha value is -2.35. The zero-order valence-corrected chi connectivity index (χ0v) is 16.8. The second-order valence-electron chi connectivity index (χ2n) is 7.87. The van der Waals surface area contributed by atoms with Gasteiger partial charge in [0.2, 0.25) is 0 Å². The SMILES string of the molecule is Cc1ccccc1CN(CCN1CCCC(C)C1)C(=O)c1cc(C(F)(F)F)[nH]n1. The highest BCUT2D eigenvalue weighted by Gasteiger charge is 2.34. The highest BCUT2D eigenvalue weighted by Crippen LogP contribution is 2.28. The molecule has 1 aromatic carbocycles. The molecule has 2 heterocycles. The molecule has 3 rings (SSSR count). The molecule has 0 radical (unpaired) electrons. The summed E-state index contributed by atoms with van der Waals surface area (Å²) < 4.78 is 38.7. The topological polar surface area (TPSA) is 52.2 Å². The van der Waals surface area contributed by atoms with Crippen LogP contribution in [0.5, 0.6) is 0 Å². The lowest BCUT2D eigenvalue weighted by molar-refractivity contribution is -0.141. The van der Waals surface area contributed by atoms with E-state index in [9.17, 15) is 18.0 Å². The molecule has 1 saturated heterocycles. The van der Waals surface area contributed by atoms with E-state index in [1.165, 1.54) is 6.42 Å². The van der Waals surface area contributed by atoms with Crippen molar-refractivity contribution < 1.29 is 18.0 Å². The number of carbonyl (C=O) groups is 1. The number of aromatic nitrogens is 2. The maximum atomic E-state index is 13.0. The van der Waals surface area contributed by atoms with Gasteiger partial charge in [0.15, 0.2) is 5.69 Å². The summed E-state index contributed by atoms with van der Waals surface area (Å²) in [6.07, 6.45) is -2.23. The molecule has 8 heteroatoms. The molecular formula is C21H27F3N4O. The number of aromatic amines is 1. The number of halogens is 3. The number of alkyl halides is 3. The maximum Gasteiger partial charge on any atom is 0.432 e. The van der Waals surface area contributed by atoms with Crippen molar-refractivity contribution in [3.63, 3.8) is 0 Å². The van der Waals surface area contributed by atoms with E-state index in [2.05, 4.69) is 16.9 Å². The predicted octanol–water partition coefficient (Wildman–Crippen LogP) is 4.11. The standard InChI is InChI=1S/C21H27F3N4O/c1-15-6-5-9-27(13-15)10-11-28(14-17-8-4-3-7-16(17)2)20(29)18-12-19(26-25-18)21(22,23)24/h3-4,7-8,12,15H,5-6,9-11,13-14H2,1-2H3,(H,25,26). The van der Waals surface area contributed by atoms with Crippen LogP contribution in [0.25, 0.3) is 0 Å². The Bertz CT molecular complexity index is 833. The summed E-state index contributed by atoms with van der Waals surface area (Å²) in [7, 11) is 0. The average molecular weight is 408 g/mol. The Morgan fingerprint density at radius 1 is 1.34 bits per heavy atom. The first-order valence-corrected chi connectivity index (χ1v) is 9.93. The quantitative estimate of drug-likeness (QED) is 0.783. The minimum Gasteiger partial charge on any atom is -0.332 e. The summed E-state index contributed by atoms with van der Waals surface area (Å²) in [5.41, 5.74) is 0.786. The molecule has 0 spiro atoms. The number of carbonyl (C=O) groups excluding carboxylic acids is 1. The number of likely N-dealkylation sites (tertiary alicyclic amines) is 1. The normalized spacial score (nSPS) is 18.0. The Balaban J connectivity index is 1.76. The fourth-order valence-corrected chi connectivity index (χ4v) is 3.74. The zero-order chi connectivity index (χ0) is 21.0. The van der Waals surface area contributed by atoms with Crippen LogP contribution < -0.4 is 0 Å². The molecule has 1 aliphatic heterocycles.